The van der Waals surface area contributed by atoms with E-state index in [2.05, 4.69) is 15.6 Å². The van der Waals surface area contributed by atoms with Crippen LogP contribution in [0.1, 0.15) is 35.8 Å². The van der Waals surface area contributed by atoms with Crippen molar-refractivity contribution < 1.29 is 9.59 Å². The van der Waals surface area contributed by atoms with Gasteiger partial charge in [-0.05, 0) is 29.8 Å². The van der Waals surface area contributed by atoms with Crippen molar-refractivity contribution in [2.24, 2.45) is 5.92 Å². The Morgan fingerprint density at radius 2 is 2.15 bits per heavy atom. The average Bonchev–Trinajstić information content (AvgIpc) is 2.69. The minimum atomic E-state index is -0.156. The summed E-state index contributed by atoms with van der Waals surface area (Å²) < 4.78 is 0. The summed E-state index contributed by atoms with van der Waals surface area (Å²) in [5, 5.41) is 6.51. The van der Waals surface area contributed by atoms with E-state index in [-0.39, 0.29) is 23.8 Å². The van der Waals surface area contributed by atoms with Crippen molar-refractivity contribution in [1.29, 1.82) is 0 Å². The minimum Gasteiger partial charge on any atom is -0.329 e. The number of nitrogens with one attached hydrogen (secondary N) is 2. The van der Waals surface area contributed by atoms with Gasteiger partial charge in [0.1, 0.15) is 0 Å². The molecule has 1 aromatic heterocycles. The molecule has 0 radical (unpaired) electrons. The number of rotatable bonds is 4. The Balaban J connectivity index is 1.88. The van der Waals surface area contributed by atoms with Crippen molar-refractivity contribution in [3.8, 4) is 0 Å². The van der Waals surface area contributed by atoms with Gasteiger partial charge >= 0.3 is 0 Å². The highest BCUT2D eigenvalue weighted by Gasteiger charge is 2.30. The van der Waals surface area contributed by atoms with Crippen LogP contribution in [-0.2, 0) is 4.79 Å². The van der Waals surface area contributed by atoms with Gasteiger partial charge in [0, 0.05) is 43.6 Å². The number of hydrogen-bond donors (Lipinski definition) is 2. The lowest BCUT2D eigenvalue weighted by atomic mass is 10.0. The van der Waals surface area contributed by atoms with E-state index in [0.717, 1.165) is 5.56 Å². The van der Waals surface area contributed by atoms with Crippen LogP contribution in [0.2, 0.25) is 5.02 Å². The highest BCUT2D eigenvalue weighted by molar-refractivity contribution is 6.34. The van der Waals surface area contributed by atoms with Crippen LogP contribution in [0.15, 0.2) is 42.7 Å². The Kier molecular flexibility index (Phi) is 6.08. The second kappa shape index (κ2) is 8.50. The molecule has 0 bridgehead atoms. The molecule has 1 unspecified atom stereocenters. The van der Waals surface area contributed by atoms with Gasteiger partial charge in [0.15, 0.2) is 0 Å². The second-order valence-electron chi connectivity index (χ2n) is 6.84. The van der Waals surface area contributed by atoms with Crippen molar-refractivity contribution in [3.05, 3.63) is 58.9 Å². The quantitative estimate of drug-likeness (QED) is 0.846. The lowest BCUT2D eigenvalue weighted by Crippen LogP contribution is -2.48. The number of halogens is 1. The SMILES string of the molecule is CC(C)C(=O)Nc1ccc(Cl)c(C(=O)N2CCNCC2c2cccnc2)c1. The Morgan fingerprint density at radius 3 is 2.85 bits per heavy atom. The maximum Gasteiger partial charge on any atom is 0.256 e. The lowest BCUT2D eigenvalue weighted by Gasteiger charge is -2.36. The largest absolute Gasteiger partial charge is 0.329 e. The standard InChI is InChI=1S/C20H23ClN4O2/c1-13(2)19(26)24-15-5-6-17(21)16(10-15)20(27)25-9-8-23-12-18(25)14-4-3-7-22-11-14/h3-7,10-11,13,18,23H,8-9,12H2,1-2H3,(H,24,26). The first kappa shape index (κ1) is 19.3. The van der Waals surface area contributed by atoms with E-state index < -0.39 is 0 Å². The van der Waals surface area contributed by atoms with Gasteiger partial charge < -0.3 is 15.5 Å². The smallest absolute Gasteiger partial charge is 0.256 e. The zero-order valence-corrected chi connectivity index (χ0v) is 16.2. The highest BCUT2D eigenvalue weighted by Crippen LogP contribution is 2.28. The molecule has 1 aliphatic rings. The van der Waals surface area contributed by atoms with Crippen LogP contribution in [0.4, 0.5) is 5.69 Å². The van der Waals surface area contributed by atoms with E-state index in [1.165, 1.54) is 0 Å². The van der Waals surface area contributed by atoms with Gasteiger partial charge in [-0.3, -0.25) is 14.6 Å². The summed E-state index contributed by atoms with van der Waals surface area (Å²) in [4.78, 5) is 31.2. The molecule has 3 rings (SSSR count). The topological polar surface area (TPSA) is 74.3 Å². The summed E-state index contributed by atoms with van der Waals surface area (Å²) in [6.07, 6.45) is 3.49. The van der Waals surface area contributed by atoms with E-state index >= 15 is 0 Å². The summed E-state index contributed by atoms with van der Waals surface area (Å²) in [5.41, 5.74) is 1.92. The fraction of sp³-hybridized carbons (Fsp3) is 0.350. The monoisotopic (exact) mass is 386 g/mol. The minimum absolute atomic E-state index is 0.105. The number of piperazine rings is 1. The maximum atomic E-state index is 13.3. The number of pyridine rings is 1. The molecular formula is C20H23ClN4O2. The molecule has 2 heterocycles. The second-order valence-corrected chi connectivity index (χ2v) is 7.25. The molecule has 2 aromatic rings. The molecule has 142 valence electrons. The molecule has 0 saturated carbocycles. The third kappa shape index (κ3) is 4.46. The van der Waals surface area contributed by atoms with E-state index in [1.807, 2.05) is 30.9 Å². The van der Waals surface area contributed by atoms with Crippen LogP contribution in [-0.4, -0.2) is 41.3 Å². The lowest BCUT2D eigenvalue weighted by molar-refractivity contribution is -0.118. The summed E-state index contributed by atoms with van der Waals surface area (Å²) in [5.74, 6) is -0.412. The van der Waals surface area contributed by atoms with Gasteiger partial charge in [0.05, 0.1) is 16.6 Å². The predicted octanol–water partition coefficient (Wildman–Crippen LogP) is 3.12. The molecule has 1 fully saturated rings. The van der Waals surface area contributed by atoms with Crippen molar-refractivity contribution >= 4 is 29.1 Å². The normalized spacial score (nSPS) is 17.0. The molecule has 0 spiro atoms. The number of anilines is 1. The van der Waals surface area contributed by atoms with Crippen LogP contribution in [0, 0.1) is 5.92 Å². The first-order valence-electron chi connectivity index (χ1n) is 8.99. The number of carbonyl (C=O) groups excluding carboxylic acids is 2. The van der Waals surface area contributed by atoms with Crippen molar-refractivity contribution in [3.63, 3.8) is 0 Å². The van der Waals surface area contributed by atoms with Gasteiger partial charge in [0.2, 0.25) is 5.91 Å². The molecule has 7 heteroatoms. The molecule has 0 aliphatic carbocycles. The third-order valence-corrected chi connectivity index (χ3v) is 4.89. The number of benzene rings is 1. The van der Waals surface area contributed by atoms with Crippen LogP contribution in [0.25, 0.3) is 0 Å². The molecule has 1 atom stereocenters. The van der Waals surface area contributed by atoms with Crippen LogP contribution in [0.3, 0.4) is 0 Å². The predicted molar refractivity (Wildman–Crippen MR) is 106 cm³/mol. The fourth-order valence-electron chi connectivity index (χ4n) is 3.03. The van der Waals surface area contributed by atoms with Crippen LogP contribution >= 0.6 is 11.6 Å². The fourth-order valence-corrected chi connectivity index (χ4v) is 3.22. The number of carbonyl (C=O) groups is 2. The summed E-state index contributed by atoms with van der Waals surface area (Å²) in [6.45, 7) is 5.56. The summed E-state index contributed by atoms with van der Waals surface area (Å²) in [7, 11) is 0. The average molecular weight is 387 g/mol. The zero-order valence-electron chi connectivity index (χ0n) is 15.4. The molecule has 1 aliphatic heterocycles. The van der Waals surface area contributed by atoms with Gasteiger partial charge in [-0.2, -0.15) is 0 Å². The van der Waals surface area contributed by atoms with E-state index in [9.17, 15) is 9.59 Å². The Labute approximate surface area is 163 Å². The molecule has 6 nitrogen and oxygen atoms in total. The summed E-state index contributed by atoms with van der Waals surface area (Å²) in [6, 6.07) is 8.70. The molecule has 1 aromatic carbocycles. The van der Waals surface area contributed by atoms with Gasteiger partial charge in [-0.25, -0.2) is 0 Å². The molecule has 2 N–H and O–H groups in total. The van der Waals surface area contributed by atoms with E-state index in [1.54, 1.807) is 30.6 Å². The number of amides is 2. The van der Waals surface area contributed by atoms with Gasteiger partial charge in [-0.1, -0.05) is 31.5 Å². The third-order valence-electron chi connectivity index (χ3n) is 4.56. The highest BCUT2D eigenvalue weighted by atomic mass is 35.5. The van der Waals surface area contributed by atoms with Crippen LogP contribution < -0.4 is 10.6 Å². The number of aromatic nitrogens is 1. The van der Waals surface area contributed by atoms with Crippen LogP contribution in [0.5, 0.6) is 0 Å². The van der Waals surface area contributed by atoms with Gasteiger partial charge in [0.25, 0.3) is 5.91 Å². The van der Waals surface area contributed by atoms with Crippen molar-refractivity contribution in [2.45, 2.75) is 19.9 Å². The Bertz CT molecular complexity index is 826. The first-order chi connectivity index (χ1) is 13.0. The Hall–Kier alpha value is -2.44. The first-order valence-corrected chi connectivity index (χ1v) is 9.37. The zero-order chi connectivity index (χ0) is 19.4. The molecule has 1 saturated heterocycles. The molecule has 27 heavy (non-hydrogen) atoms. The maximum absolute atomic E-state index is 13.3. The number of nitrogens with zero attached hydrogens (tertiary/aromatic N) is 2. The number of hydrogen-bond acceptors (Lipinski definition) is 4. The van der Waals surface area contributed by atoms with Crippen molar-refractivity contribution in [1.82, 2.24) is 15.2 Å². The summed E-state index contributed by atoms with van der Waals surface area (Å²) >= 11 is 6.31. The van der Waals surface area contributed by atoms with Gasteiger partial charge in [-0.15, -0.1) is 0 Å². The Morgan fingerprint density at radius 1 is 1.33 bits per heavy atom. The van der Waals surface area contributed by atoms with E-state index in [0.29, 0.717) is 35.9 Å². The van der Waals surface area contributed by atoms with E-state index in [4.69, 9.17) is 11.6 Å². The van der Waals surface area contributed by atoms with Crippen molar-refractivity contribution in [2.75, 3.05) is 25.0 Å². The molecule has 2 amide bonds. The molecular weight excluding hydrogens is 364 g/mol.